The van der Waals surface area contributed by atoms with Gasteiger partial charge >= 0.3 is 0 Å². The molecule has 0 aliphatic rings. The van der Waals surface area contributed by atoms with Crippen LogP contribution in [-0.2, 0) is 24.4 Å². The van der Waals surface area contributed by atoms with E-state index >= 15 is 0 Å². The Bertz CT molecular complexity index is 580. The average molecular weight is 368 g/mol. The lowest BCUT2D eigenvalue weighted by Gasteiger charge is -2.06. The largest absolute Gasteiger partial charge is 0.392 e. The highest BCUT2D eigenvalue weighted by atomic mass is 79.9. The predicted octanol–water partition coefficient (Wildman–Crippen LogP) is 3.64. The second kappa shape index (κ2) is 8.32. The van der Waals surface area contributed by atoms with Gasteiger partial charge in [0.2, 0.25) is 5.91 Å². The van der Waals surface area contributed by atoms with Gasteiger partial charge in [0.05, 0.1) is 10.4 Å². The molecule has 0 fully saturated rings. The SMILES string of the molecule is O=C(CCCc1ccc(Br)s1)NCc1ccc(CO)cc1. The standard InChI is InChI=1S/C16H18BrNO2S/c17-15-9-8-14(21-15)2-1-3-16(20)18-10-12-4-6-13(11-19)7-5-12/h4-9,19H,1-3,10-11H2,(H,18,20). The normalized spacial score (nSPS) is 10.6. The smallest absolute Gasteiger partial charge is 0.220 e. The zero-order valence-electron chi connectivity index (χ0n) is 11.6. The molecule has 2 aromatic rings. The summed E-state index contributed by atoms with van der Waals surface area (Å²) in [5, 5.41) is 11.9. The van der Waals surface area contributed by atoms with Crippen LogP contribution in [-0.4, -0.2) is 11.0 Å². The summed E-state index contributed by atoms with van der Waals surface area (Å²) in [7, 11) is 0. The van der Waals surface area contributed by atoms with Crippen molar-refractivity contribution in [3.8, 4) is 0 Å². The first kappa shape index (κ1) is 16.2. The highest BCUT2D eigenvalue weighted by Gasteiger charge is 2.03. The number of thiophene rings is 1. The van der Waals surface area contributed by atoms with Crippen molar-refractivity contribution in [3.05, 3.63) is 56.2 Å². The van der Waals surface area contributed by atoms with E-state index in [4.69, 9.17) is 5.11 Å². The molecule has 2 N–H and O–H groups in total. The number of aliphatic hydroxyl groups is 1. The monoisotopic (exact) mass is 367 g/mol. The van der Waals surface area contributed by atoms with Crippen molar-refractivity contribution < 1.29 is 9.90 Å². The number of aryl methyl sites for hydroxylation is 1. The van der Waals surface area contributed by atoms with Crippen molar-refractivity contribution in [2.45, 2.75) is 32.4 Å². The lowest BCUT2D eigenvalue weighted by Crippen LogP contribution is -2.22. The minimum absolute atomic E-state index is 0.0471. The molecule has 1 aromatic carbocycles. The van der Waals surface area contributed by atoms with E-state index in [0.717, 1.165) is 27.8 Å². The Labute approximate surface area is 137 Å². The number of halogens is 1. The highest BCUT2D eigenvalue weighted by molar-refractivity contribution is 9.11. The van der Waals surface area contributed by atoms with Crippen LogP contribution in [0.5, 0.6) is 0 Å². The molecule has 0 bridgehead atoms. The quantitative estimate of drug-likeness (QED) is 0.784. The van der Waals surface area contributed by atoms with E-state index in [1.54, 1.807) is 11.3 Å². The molecule has 1 heterocycles. The molecule has 0 aliphatic heterocycles. The Balaban J connectivity index is 1.67. The molecule has 0 radical (unpaired) electrons. The summed E-state index contributed by atoms with van der Waals surface area (Å²) in [6.45, 7) is 0.584. The predicted molar refractivity (Wildman–Crippen MR) is 89.2 cm³/mol. The molecule has 21 heavy (non-hydrogen) atoms. The van der Waals surface area contributed by atoms with Gasteiger partial charge < -0.3 is 10.4 Å². The number of aliphatic hydroxyl groups excluding tert-OH is 1. The Kier molecular flexibility index (Phi) is 6.42. The maximum atomic E-state index is 11.8. The molecule has 0 atom stereocenters. The Morgan fingerprint density at radius 3 is 2.48 bits per heavy atom. The minimum atomic E-state index is 0.0471. The van der Waals surface area contributed by atoms with Gasteiger partial charge in [-0.15, -0.1) is 11.3 Å². The van der Waals surface area contributed by atoms with Crippen molar-refractivity contribution >= 4 is 33.2 Å². The molecular weight excluding hydrogens is 350 g/mol. The van der Waals surface area contributed by atoms with Crippen molar-refractivity contribution in [2.75, 3.05) is 0 Å². The molecule has 0 spiro atoms. The van der Waals surface area contributed by atoms with Gasteiger partial charge in [0.25, 0.3) is 0 Å². The molecule has 0 unspecified atom stereocenters. The molecule has 1 amide bonds. The van der Waals surface area contributed by atoms with E-state index in [2.05, 4.69) is 27.3 Å². The fourth-order valence-electron chi connectivity index (χ4n) is 1.96. The van der Waals surface area contributed by atoms with Crippen molar-refractivity contribution in [3.63, 3.8) is 0 Å². The summed E-state index contributed by atoms with van der Waals surface area (Å²) in [4.78, 5) is 13.1. The first-order valence-electron chi connectivity index (χ1n) is 6.87. The molecular formula is C16H18BrNO2S. The van der Waals surface area contributed by atoms with Crippen LogP contribution in [0.4, 0.5) is 0 Å². The Morgan fingerprint density at radius 2 is 1.86 bits per heavy atom. The fraction of sp³-hybridized carbons (Fsp3) is 0.312. The van der Waals surface area contributed by atoms with E-state index in [1.807, 2.05) is 30.3 Å². The van der Waals surface area contributed by atoms with Crippen LogP contribution < -0.4 is 5.32 Å². The third-order valence-electron chi connectivity index (χ3n) is 3.15. The lowest BCUT2D eigenvalue weighted by molar-refractivity contribution is -0.121. The number of rotatable bonds is 7. The number of carbonyl (C=O) groups excluding carboxylic acids is 1. The zero-order valence-corrected chi connectivity index (χ0v) is 14.0. The number of hydrogen-bond acceptors (Lipinski definition) is 3. The highest BCUT2D eigenvalue weighted by Crippen LogP contribution is 2.23. The van der Waals surface area contributed by atoms with Crippen LogP contribution in [0.2, 0.25) is 0 Å². The Hall–Kier alpha value is -1.17. The summed E-state index contributed by atoms with van der Waals surface area (Å²) >= 11 is 5.16. The van der Waals surface area contributed by atoms with Crippen LogP contribution in [0.15, 0.2) is 40.2 Å². The van der Waals surface area contributed by atoms with Crippen LogP contribution >= 0.6 is 27.3 Å². The van der Waals surface area contributed by atoms with Gasteiger partial charge in [0.1, 0.15) is 0 Å². The van der Waals surface area contributed by atoms with Crippen molar-refractivity contribution in [1.82, 2.24) is 5.32 Å². The van der Waals surface area contributed by atoms with Crippen LogP contribution in [0.25, 0.3) is 0 Å². The molecule has 112 valence electrons. The van der Waals surface area contributed by atoms with Crippen molar-refractivity contribution in [2.24, 2.45) is 0 Å². The molecule has 3 nitrogen and oxygen atoms in total. The number of hydrogen-bond donors (Lipinski definition) is 2. The summed E-state index contributed by atoms with van der Waals surface area (Å²) in [6, 6.07) is 11.7. The van der Waals surface area contributed by atoms with Gasteiger partial charge in [-0.25, -0.2) is 0 Å². The van der Waals surface area contributed by atoms with Gasteiger partial charge in [-0.2, -0.15) is 0 Å². The number of carbonyl (C=O) groups is 1. The second-order valence-corrected chi connectivity index (χ2v) is 7.36. The maximum absolute atomic E-state index is 11.8. The minimum Gasteiger partial charge on any atom is -0.392 e. The first-order valence-corrected chi connectivity index (χ1v) is 8.48. The number of amides is 1. The van der Waals surface area contributed by atoms with Crippen LogP contribution in [0.3, 0.4) is 0 Å². The second-order valence-electron chi connectivity index (χ2n) is 4.81. The van der Waals surface area contributed by atoms with Gasteiger partial charge in [-0.1, -0.05) is 24.3 Å². The van der Waals surface area contributed by atoms with E-state index in [0.29, 0.717) is 13.0 Å². The molecule has 5 heteroatoms. The van der Waals surface area contributed by atoms with E-state index in [-0.39, 0.29) is 12.5 Å². The third-order valence-corrected chi connectivity index (χ3v) is 4.83. The maximum Gasteiger partial charge on any atom is 0.220 e. The van der Waals surface area contributed by atoms with Gasteiger partial charge in [-0.05, 0) is 52.0 Å². The summed E-state index contributed by atoms with van der Waals surface area (Å²) in [5.74, 6) is 0.0804. The first-order chi connectivity index (χ1) is 10.2. The van der Waals surface area contributed by atoms with Gasteiger partial charge in [0.15, 0.2) is 0 Å². The third kappa shape index (κ3) is 5.61. The average Bonchev–Trinajstić information content (AvgIpc) is 2.91. The fourth-order valence-corrected chi connectivity index (χ4v) is 3.49. The summed E-state index contributed by atoms with van der Waals surface area (Å²) in [5.41, 5.74) is 1.93. The molecule has 1 aromatic heterocycles. The van der Waals surface area contributed by atoms with Crippen molar-refractivity contribution in [1.29, 1.82) is 0 Å². The van der Waals surface area contributed by atoms with Crippen LogP contribution in [0, 0.1) is 0 Å². The number of benzene rings is 1. The number of nitrogens with one attached hydrogen (secondary N) is 1. The summed E-state index contributed by atoms with van der Waals surface area (Å²) in [6.07, 6.45) is 2.35. The molecule has 0 saturated heterocycles. The van der Waals surface area contributed by atoms with E-state index in [1.165, 1.54) is 4.88 Å². The molecule has 2 rings (SSSR count). The topological polar surface area (TPSA) is 49.3 Å². The molecule has 0 saturated carbocycles. The lowest BCUT2D eigenvalue weighted by atomic mass is 10.1. The van der Waals surface area contributed by atoms with Crippen LogP contribution in [0.1, 0.15) is 28.8 Å². The van der Waals surface area contributed by atoms with E-state index in [9.17, 15) is 4.79 Å². The van der Waals surface area contributed by atoms with Gasteiger partial charge in [0, 0.05) is 17.8 Å². The van der Waals surface area contributed by atoms with Gasteiger partial charge in [-0.3, -0.25) is 4.79 Å². The Morgan fingerprint density at radius 1 is 1.14 bits per heavy atom. The zero-order chi connectivity index (χ0) is 15.1. The molecule has 0 aliphatic carbocycles. The summed E-state index contributed by atoms with van der Waals surface area (Å²) < 4.78 is 1.13. The van der Waals surface area contributed by atoms with E-state index < -0.39 is 0 Å².